The average Bonchev–Trinajstić information content (AvgIpc) is 3.41. The number of aliphatic hydroxyl groups excluding tert-OH is 1. The molecule has 2 aliphatic heterocycles. The van der Waals surface area contributed by atoms with E-state index in [2.05, 4.69) is 10.3 Å². The van der Waals surface area contributed by atoms with Crippen LogP contribution >= 0.6 is 0 Å². The molecule has 9 heteroatoms. The van der Waals surface area contributed by atoms with Crippen molar-refractivity contribution in [3.8, 4) is 11.5 Å². The van der Waals surface area contributed by atoms with Gasteiger partial charge in [-0.3, -0.25) is 24.3 Å². The molecule has 0 spiro atoms. The van der Waals surface area contributed by atoms with Gasteiger partial charge >= 0.3 is 0 Å². The SMILES string of the molecule is CC(=O)Nc1cccc(N2C(=O)C(=O)/C(=C(\O)c3ccc4c(c3)OCO4)C2c2ccncc2)c1. The fourth-order valence-corrected chi connectivity index (χ4v) is 4.10. The average molecular weight is 457 g/mol. The summed E-state index contributed by atoms with van der Waals surface area (Å²) in [6.07, 6.45) is 3.09. The summed E-state index contributed by atoms with van der Waals surface area (Å²) in [5.41, 5.74) is 1.69. The zero-order valence-corrected chi connectivity index (χ0v) is 18.0. The molecule has 1 unspecified atom stereocenters. The Morgan fingerprint density at radius 2 is 1.82 bits per heavy atom. The Kier molecular flexibility index (Phi) is 5.21. The van der Waals surface area contributed by atoms with Gasteiger partial charge in [-0.15, -0.1) is 0 Å². The third-order valence-electron chi connectivity index (χ3n) is 5.56. The lowest BCUT2D eigenvalue weighted by atomic mass is 9.95. The van der Waals surface area contributed by atoms with E-state index in [0.29, 0.717) is 34.0 Å². The fourth-order valence-electron chi connectivity index (χ4n) is 4.10. The number of carbonyl (C=O) groups is 3. The Bertz CT molecular complexity index is 1350. The van der Waals surface area contributed by atoms with Gasteiger partial charge in [-0.05, 0) is 54.1 Å². The van der Waals surface area contributed by atoms with Crippen LogP contribution in [0.2, 0.25) is 0 Å². The zero-order valence-electron chi connectivity index (χ0n) is 18.0. The van der Waals surface area contributed by atoms with Crippen molar-refractivity contribution in [1.29, 1.82) is 0 Å². The van der Waals surface area contributed by atoms with Gasteiger partial charge in [0.05, 0.1) is 11.6 Å². The molecule has 1 saturated heterocycles. The molecule has 34 heavy (non-hydrogen) atoms. The quantitative estimate of drug-likeness (QED) is 0.350. The Hall–Kier alpha value is -4.66. The normalized spacial score (nSPS) is 18.3. The van der Waals surface area contributed by atoms with E-state index in [1.807, 2.05) is 0 Å². The van der Waals surface area contributed by atoms with E-state index in [4.69, 9.17) is 9.47 Å². The van der Waals surface area contributed by atoms with Crippen molar-refractivity contribution in [3.05, 3.63) is 83.7 Å². The van der Waals surface area contributed by atoms with Crippen LogP contribution in [0.25, 0.3) is 5.76 Å². The number of rotatable bonds is 4. The van der Waals surface area contributed by atoms with E-state index in [0.717, 1.165) is 0 Å². The first kappa shape index (κ1) is 21.2. The first-order valence-corrected chi connectivity index (χ1v) is 10.4. The number of aromatic nitrogens is 1. The minimum Gasteiger partial charge on any atom is -0.507 e. The molecule has 1 fully saturated rings. The van der Waals surface area contributed by atoms with Crippen LogP contribution in [0, 0.1) is 0 Å². The molecule has 5 rings (SSSR count). The maximum atomic E-state index is 13.2. The van der Waals surface area contributed by atoms with Gasteiger partial charge in [-0.2, -0.15) is 0 Å². The number of amides is 2. The van der Waals surface area contributed by atoms with E-state index >= 15 is 0 Å². The number of ether oxygens (including phenoxy) is 2. The van der Waals surface area contributed by atoms with Gasteiger partial charge in [0.25, 0.3) is 11.7 Å². The van der Waals surface area contributed by atoms with Gasteiger partial charge in [0.15, 0.2) is 11.5 Å². The minimum atomic E-state index is -0.916. The maximum absolute atomic E-state index is 13.2. The van der Waals surface area contributed by atoms with E-state index in [1.165, 1.54) is 11.8 Å². The van der Waals surface area contributed by atoms with E-state index < -0.39 is 17.7 Å². The topological polar surface area (TPSA) is 118 Å². The van der Waals surface area contributed by atoms with E-state index in [-0.39, 0.29) is 24.0 Å². The summed E-state index contributed by atoms with van der Waals surface area (Å²) in [5.74, 6) is -1.28. The smallest absolute Gasteiger partial charge is 0.300 e. The van der Waals surface area contributed by atoms with Crippen LogP contribution in [0.1, 0.15) is 24.1 Å². The summed E-state index contributed by atoms with van der Waals surface area (Å²) in [7, 11) is 0. The van der Waals surface area contributed by atoms with Crippen molar-refractivity contribution >= 4 is 34.7 Å². The molecule has 170 valence electrons. The highest BCUT2D eigenvalue weighted by atomic mass is 16.7. The maximum Gasteiger partial charge on any atom is 0.300 e. The number of benzene rings is 2. The van der Waals surface area contributed by atoms with Crippen LogP contribution in [0.3, 0.4) is 0 Å². The first-order valence-electron chi connectivity index (χ1n) is 10.4. The van der Waals surface area contributed by atoms with Crippen molar-refractivity contribution < 1.29 is 29.0 Å². The number of pyridine rings is 1. The number of nitrogens with one attached hydrogen (secondary N) is 1. The molecule has 3 heterocycles. The monoisotopic (exact) mass is 457 g/mol. The molecular formula is C25H19N3O6. The molecule has 1 aromatic heterocycles. The van der Waals surface area contributed by atoms with Crippen molar-refractivity contribution in [2.24, 2.45) is 0 Å². The first-order chi connectivity index (χ1) is 16.4. The van der Waals surface area contributed by atoms with Crippen molar-refractivity contribution in [3.63, 3.8) is 0 Å². The number of aliphatic hydroxyl groups is 1. The van der Waals surface area contributed by atoms with Crippen molar-refractivity contribution in [2.45, 2.75) is 13.0 Å². The van der Waals surface area contributed by atoms with Crippen molar-refractivity contribution in [1.82, 2.24) is 4.98 Å². The summed E-state index contributed by atoms with van der Waals surface area (Å²) in [6.45, 7) is 1.44. The van der Waals surface area contributed by atoms with Crippen LogP contribution in [0.15, 0.2) is 72.6 Å². The third kappa shape index (κ3) is 3.62. The number of anilines is 2. The van der Waals surface area contributed by atoms with Gasteiger partial charge in [0, 0.05) is 36.3 Å². The van der Waals surface area contributed by atoms with Crippen LogP contribution in [0.5, 0.6) is 11.5 Å². The molecule has 1 atom stereocenters. The highest BCUT2D eigenvalue weighted by Crippen LogP contribution is 2.43. The van der Waals surface area contributed by atoms with E-state index in [9.17, 15) is 19.5 Å². The van der Waals surface area contributed by atoms with Crippen LogP contribution in [-0.4, -0.2) is 34.5 Å². The number of hydrogen-bond donors (Lipinski definition) is 2. The second-order valence-electron chi connectivity index (χ2n) is 7.75. The molecule has 0 saturated carbocycles. The number of fused-ring (bicyclic) bond motifs is 1. The van der Waals surface area contributed by atoms with Crippen LogP contribution < -0.4 is 19.7 Å². The molecule has 3 aromatic rings. The molecule has 0 bridgehead atoms. The van der Waals surface area contributed by atoms with Gasteiger partial charge in [-0.25, -0.2) is 0 Å². The molecule has 0 aliphatic carbocycles. The highest BCUT2D eigenvalue weighted by molar-refractivity contribution is 6.51. The molecular weight excluding hydrogens is 438 g/mol. The molecule has 2 aliphatic rings. The number of carbonyl (C=O) groups excluding carboxylic acids is 3. The third-order valence-corrected chi connectivity index (χ3v) is 5.56. The lowest BCUT2D eigenvalue weighted by Crippen LogP contribution is -2.29. The van der Waals surface area contributed by atoms with E-state index in [1.54, 1.807) is 67.0 Å². The predicted octanol–water partition coefficient (Wildman–Crippen LogP) is 3.40. The summed E-state index contributed by atoms with van der Waals surface area (Å²) in [5, 5.41) is 13.9. The summed E-state index contributed by atoms with van der Waals surface area (Å²) in [6, 6.07) is 13.8. The summed E-state index contributed by atoms with van der Waals surface area (Å²) < 4.78 is 10.7. The number of Topliss-reactive ketones (excluding diaryl/α,β-unsaturated/α-hetero) is 1. The van der Waals surface area contributed by atoms with Gasteiger partial charge in [0.2, 0.25) is 12.7 Å². The number of ketones is 1. The van der Waals surface area contributed by atoms with Gasteiger partial charge < -0.3 is 19.9 Å². The predicted molar refractivity (Wildman–Crippen MR) is 122 cm³/mol. The standard InChI is InChI=1S/C25H19N3O6/c1-14(29)27-17-3-2-4-18(12-17)28-22(15-7-9-26-10-8-15)21(24(31)25(28)32)23(30)16-5-6-19-20(11-16)34-13-33-19/h2-12,22,30H,13H2,1H3,(H,27,29)/b23-21-. The van der Waals surface area contributed by atoms with Gasteiger partial charge in [-0.1, -0.05) is 6.07 Å². The minimum absolute atomic E-state index is 0.0611. The van der Waals surface area contributed by atoms with Crippen LogP contribution in [0.4, 0.5) is 11.4 Å². The van der Waals surface area contributed by atoms with Crippen molar-refractivity contribution in [2.75, 3.05) is 17.0 Å². The molecule has 9 nitrogen and oxygen atoms in total. The molecule has 2 amide bonds. The second kappa shape index (κ2) is 8.36. The molecule has 2 N–H and O–H groups in total. The van der Waals surface area contributed by atoms with Crippen LogP contribution in [-0.2, 0) is 14.4 Å². The number of hydrogen-bond acceptors (Lipinski definition) is 7. The Morgan fingerprint density at radius 1 is 1.06 bits per heavy atom. The lowest BCUT2D eigenvalue weighted by Gasteiger charge is -2.25. The summed E-state index contributed by atoms with van der Waals surface area (Å²) in [4.78, 5) is 43.3. The largest absolute Gasteiger partial charge is 0.507 e. The highest BCUT2D eigenvalue weighted by Gasteiger charge is 2.47. The Morgan fingerprint density at radius 3 is 2.59 bits per heavy atom. The number of nitrogens with zero attached hydrogens (tertiary/aromatic N) is 2. The fraction of sp³-hybridized carbons (Fsp3) is 0.120. The summed E-state index contributed by atoms with van der Waals surface area (Å²) >= 11 is 0. The molecule has 2 aromatic carbocycles. The van der Waals surface area contributed by atoms with Gasteiger partial charge in [0.1, 0.15) is 5.76 Å². The lowest BCUT2D eigenvalue weighted by molar-refractivity contribution is -0.132. The Labute approximate surface area is 194 Å². The second-order valence-corrected chi connectivity index (χ2v) is 7.75. The zero-order chi connectivity index (χ0) is 23.8. The molecule has 0 radical (unpaired) electrons. The Balaban J connectivity index is 1.67.